The minimum atomic E-state index is 0.470. The lowest BCUT2D eigenvalue weighted by Crippen LogP contribution is -2.02. The Bertz CT molecular complexity index is 749. The molecule has 1 aromatic heterocycles. The number of benzene rings is 2. The Morgan fingerprint density at radius 1 is 1.10 bits per heavy atom. The Kier molecular flexibility index (Phi) is 3.12. The van der Waals surface area contributed by atoms with E-state index in [1.165, 1.54) is 5.56 Å². The van der Waals surface area contributed by atoms with Crippen molar-refractivity contribution in [2.24, 2.45) is 0 Å². The van der Waals surface area contributed by atoms with E-state index >= 15 is 0 Å². The molecule has 0 amide bonds. The molecule has 0 bridgehead atoms. The topological polar surface area (TPSA) is 69.6 Å². The lowest BCUT2D eigenvalue weighted by atomic mass is 10.1. The van der Waals surface area contributed by atoms with Crippen LogP contribution in [-0.4, -0.2) is 20.2 Å². The molecule has 20 heavy (non-hydrogen) atoms. The third-order valence-corrected chi connectivity index (χ3v) is 3.37. The number of anilines is 1. The quantitative estimate of drug-likeness (QED) is 0.735. The van der Waals surface area contributed by atoms with E-state index in [4.69, 9.17) is 17.3 Å². The van der Waals surface area contributed by atoms with Gasteiger partial charge in [0.2, 0.25) is 0 Å². The van der Waals surface area contributed by atoms with Gasteiger partial charge in [-0.05, 0) is 41.6 Å². The number of halogens is 1. The van der Waals surface area contributed by atoms with Crippen molar-refractivity contribution in [2.45, 2.75) is 6.92 Å². The van der Waals surface area contributed by atoms with Gasteiger partial charge in [0.05, 0.1) is 16.4 Å². The maximum Gasteiger partial charge on any atom is 0.189 e. The molecule has 0 unspecified atom stereocenters. The standard InChI is InChI=1S/C14H12ClN5/c1-9-5-7-10(8-6-9)20-14(17-18-19-20)11-3-2-4-12(15)13(11)16/h2-8H,16H2,1H3. The zero-order valence-corrected chi connectivity index (χ0v) is 11.5. The molecule has 100 valence electrons. The number of tetrazole rings is 1. The largest absolute Gasteiger partial charge is 0.397 e. The van der Waals surface area contributed by atoms with Crippen molar-refractivity contribution >= 4 is 17.3 Å². The lowest BCUT2D eigenvalue weighted by molar-refractivity contribution is 0.791. The van der Waals surface area contributed by atoms with Gasteiger partial charge in [0.25, 0.3) is 0 Å². The van der Waals surface area contributed by atoms with Crippen molar-refractivity contribution < 1.29 is 0 Å². The monoisotopic (exact) mass is 285 g/mol. The van der Waals surface area contributed by atoms with Gasteiger partial charge in [-0.1, -0.05) is 35.4 Å². The molecule has 5 nitrogen and oxygen atoms in total. The minimum absolute atomic E-state index is 0.470. The second-order valence-electron chi connectivity index (χ2n) is 4.45. The van der Waals surface area contributed by atoms with Crippen LogP contribution < -0.4 is 5.73 Å². The average Bonchev–Trinajstić information content (AvgIpc) is 2.92. The van der Waals surface area contributed by atoms with Gasteiger partial charge in [-0.25, -0.2) is 0 Å². The number of nitrogens with two attached hydrogens (primary N) is 1. The summed E-state index contributed by atoms with van der Waals surface area (Å²) in [5.74, 6) is 0.564. The summed E-state index contributed by atoms with van der Waals surface area (Å²) in [6.45, 7) is 2.03. The van der Waals surface area contributed by atoms with Crippen LogP contribution in [0.1, 0.15) is 5.56 Å². The number of nitrogens with zero attached hydrogens (tertiary/aromatic N) is 4. The predicted octanol–water partition coefficient (Wildman–Crippen LogP) is 2.87. The molecule has 0 aliphatic rings. The van der Waals surface area contributed by atoms with Gasteiger partial charge in [0, 0.05) is 5.56 Å². The molecule has 0 radical (unpaired) electrons. The van der Waals surface area contributed by atoms with Gasteiger partial charge in [-0.2, -0.15) is 4.68 Å². The Balaban J connectivity index is 2.15. The third-order valence-electron chi connectivity index (χ3n) is 3.04. The minimum Gasteiger partial charge on any atom is -0.397 e. The lowest BCUT2D eigenvalue weighted by Gasteiger charge is -2.08. The fourth-order valence-corrected chi connectivity index (χ4v) is 2.12. The molecule has 2 aromatic carbocycles. The number of nitrogen functional groups attached to an aromatic ring is 1. The van der Waals surface area contributed by atoms with Crippen LogP contribution in [0.25, 0.3) is 17.1 Å². The Morgan fingerprint density at radius 2 is 1.85 bits per heavy atom. The second-order valence-corrected chi connectivity index (χ2v) is 4.86. The molecule has 0 spiro atoms. The molecule has 3 aromatic rings. The molecule has 0 saturated carbocycles. The summed E-state index contributed by atoms with van der Waals surface area (Å²) >= 11 is 6.05. The number of hydrogen-bond acceptors (Lipinski definition) is 4. The molecule has 0 saturated heterocycles. The van der Waals surface area contributed by atoms with E-state index in [1.54, 1.807) is 10.7 Å². The first-order chi connectivity index (χ1) is 9.66. The maximum absolute atomic E-state index is 6.05. The van der Waals surface area contributed by atoms with Crippen LogP contribution in [0.15, 0.2) is 42.5 Å². The van der Waals surface area contributed by atoms with Gasteiger partial charge in [-0.3, -0.25) is 0 Å². The highest BCUT2D eigenvalue weighted by Gasteiger charge is 2.14. The summed E-state index contributed by atoms with van der Waals surface area (Å²) in [5, 5.41) is 12.3. The molecule has 0 fully saturated rings. The number of hydrogen-bond donors (Lipinski definition) is 1. The SMILES string of the molecule is Cc1ccc(-n2nnnc2-c2cccc(Cl)c2N)cc1. The summed E-state index contributed by atoms with van der Waals surface area (Å²) in [6, 6.07) is 13.3. The van der Waals surface area contributed by atoms with E-state index in [1.807, 2.05) is 43.3 Å². The van der Waals surface area contributed by atoms with Crippen molar-refractivity contribution in [3.63, 3.8) is 0 Å². The van der Waals surface area contributed by atoms with Crippen LogP contribution in [0.5, 0.6) is 0 Å². The molecular formula is C14H12ClN5. The van der Waals surface area contributed by atoms with Gasteiger partial charge < -0.3 is 5.73 Å². The van der Waals surface area contributed by atoms with E-state index in [9.17, 15) is 0 Å². The van der Waals surface area contributed by atoms with Gasteiger partial charge in [-0.15, -0.1) is 5.10 Å². The predicted molar refractivity (Wildman–Crippen MR) is 78.7 cm³/mol. The van der Waals surface area contributed by atoms with Crippen LogP contribution >= 0.6 is 11.6 Å². The Morgan fingerprint density at radius 3 is 2.60 bits per heavy atom. The Labute approximate surface area is 121 Å². The molecule has 0 aliphatic heterocycles. The van der Waals surface area contributed by atoms with Crippen molar-refractivity contribution in [3.05, 3.63) is 53.1 Å². The van der Waals surface area contributed by atoms with Crippen molar-refractivity contribution in [3.8, 4) is 17.1 Å². The molecule has 3 rings (SSSR count). The number of para-hydroxylation sites is 1. The van der Waals surface area contributed by atoms with E-state index in [0.717, 1.165) is 5.69 Å². The zero-order valence-electron chi connectivity index (χ0n) is 10.8. The number of aromatic nitrogens is 4. The van der Waals surface area contributed by atoms with Crippen LogP contribution in [-0.2, 0) is 0 Å². The van der Waals surface area contributed by atoms with Gasteiger partial charge >= 0.3 is 0 Å². The smallest absolute Gasteiger partial charge is 0.189 e. The van der Waals surface area contributed by atoms with Crippen LogP contribution in [0.2, 0.25) is 5.02 Å². The van der Waals surface area contributed by atoms with Crippen molar-refractivity contribution in [1.82, 2.24) is 20.2 Å². The first kappa shape index (κ1) is 12.6. The summed E-state index contributed by atoms with van der Waals surface area (Å²) in [4.78, 5) is 0. The second kappa shape index (κ2) is 4.94. The van der Waals surface area contributed by atoms with Crippen molar-refractivity contribution in [2.75, 3.05) is 5.73 Å². The normalized spacial score (nSPS) is 10.7. The van der Waals surface area contributed by atoms with Crippen LogP contribution in [0, 0.1) is 6.92 Å². The van der Waals surface area contributed by atoms with E-state index in [0.29, 0.717) is 22.1 Å². The fraction of sp³-hybridized carbons (Fsp3) is 0.0714. The average molecular weight is 286 g/mol. The molecular weight excluding hydrogens is 274 g/mol. The molecule has 0 aliphatic carbocycles. The molecule has 2 N–H and O–H groups in total. The first-order valence-electron chi connectivity index (χ1n) is 6.06. The zero-order chi connectivity index (χ0) is 14.1. The van der Waals surface area contributed by atoms with Gasteiger partial charge in [0.15, 0.2) is 5.82 Å². The number of rotatable bonds is 2. The highest BCUT2D eigenvalue weighted by molar-refractivity contribution is 6.33. The Hall–Kier alpha value is -2.40. The summed E-state index contributed by atoms with van der Waals surface area (Å²) in [7, 11) is 0. The van der Waals surface area contributed by atoms with Gasteiger partial charge in [0.1, 0.15) is 0 Å². The molecule has 1 heterocycles. The summed E-state index contributed by atoms with van der Waals surface area (Å²) < 4.78 is 1.64. The first-order valence-corrected chi connectivity index (χ1v) is 6.44. The maximum atomic E-state index is 6.05. The summed E-state index contributed by atoms with van der Waals surface area (Å²) in [6.07, 6.45) is 0. The van der Waals surface area contributed by atoms with E-state index < -0.39 is 0 Å². The summed E-state index contributed by atoms with van der Waals surface area (Å²) in [5.41, 5.74) is 9.23. The van der Waals surface area contributed by atoms with Crippen LogP contribution in [0.3, 0.4) is 0 Å². The fourth-order valence-electron chi connectivity index (χ4n) is 1.95. The number of aryl methyl sites for hydroxylation is 1. The molecule has 0 atom stereocenters. The van der Waals surface area contributed by atoms with Crippen LogP contribution in [0.4, 0.5) is 5.69 Å². The van der Waals surface area contributed by atoms with E-state index in [2.05, 4.69) is 15.5 Å². The molecule has 6 heteroatoms. The highest BCUT2D eigenvalue weighted by Crippen LogP contribution is 2.30. The van der Waals surface area contributed by atoms with Crippen molar-refractivity contribution in [1.29, 1.82) is 0 Å². The third kappa shape index (κ3) is 2.12. The highest BCUT2D eigenvalue weighted by atomic mass is 35.5. The van der Waals surface area contributed by atoms with E-state index in [-0.39, 0.29) is 0 Å².